The van der Waals surface area contributed by atoms with Crippen LogP contribution in [0.3, 0.4) is 0 Å². The Kier molecular flexibility index (Phi) is 6.60. The van der Waals surface area contributed by atoms with E-state index in [1.54, 1.807) is 13.2 Å². The first kappa shape index (κ1) is 19.8. The predicted octanol–water partition coefficient (Wildman–Crippen LogP) is 4.10. The molecule has 0 aliphatic rings. The highest BCUT2D eigenvalue weighted by Gasteiger charge is 2.07. The summed E-state index contributed by atoms with van der Waals surface area (Å²) in [4.78, 5) is 24.2. The molecule has 6 nitrogen and oxygen atoms in total. The molecule has 1 N–H and O–H groups in total. The molecule has 0 saturated carbocycles. The number of hydrogen-bond acceptors (Lipinski definition) is 4. The molecule has 3 rings (SSSR count). The van der Waals surface area contributed by atoms with E-state index in [4.69, 9.17) is 4.74 Å². The van der Waals surface area contributed by atoms with Gasteiger partial charge >= 0.3 is 0 Å². The lowest BCUT2D eigenvalue weighted by molar-refractivity contribution is -0.116. The van der Waals surface area contributed by atoms with Gasteiger partial charge in [0.25, 0.3) is 5.56 Å². The van der Waals surface area contributed by atoms with Crippen LogP contribution >= 0.6 is 15.9 Å². The van der Waals surface area contributed by atoms with E-state index >= 15 is 0 Å². The maximum Gasteiger partial charge on any atom is 0.266 e. The van der Waals surface area contributed by atoms with E-state index in [0.29, 0.717) is 25.1 Å². The zero-order valence-electron chi connectivity index (χ0n) is 15.4. The maximum atomic E-state index is 12.1. The van der Waals surface area contributed by atoms with Gasteiger partial charge < -0.3 is 10.1 Å². The summed E-state index contributed by atoms with van der Waals surface area (Å²) >= 11 is 3.36. The van der Waals surface area contributed by atoms with E-state index in [-0.39, 0.29) is 11.5 Å². The fourth-order valence-electron chi connectivity index (χ4n) is 2.69. The van der Waals surface area contributed by atoms with Gasteiger partial charge in [-0.3, -0.25) is 9.59 Å². The molecular weight excluding hydrogens is 422 g/mol. The number of halogens is 1. The van der Waals surface area contributed by atoms with Crippen molar-refractivity contribution in [3.8, 4) is 17.0 Å². The number of hydrogen-bond donors (Lipinski definition) is 1. The quantitative estimate of drug-likeness (QED) is 0.598. The highest BCUT2D eigenvalue weighted by atomic mass is 79.9. The molecule has 0 spiro atoms. The first-order valence-corrected chi connectivity index (χ1v) is 9.62. The number of nitrogens with zero attached hydrogens (tertiary/aromatic N) is 2. The molecule has 0 aliphatic heterocycles. The van der Waals surface area contributed by atoms with E-state index in [1.807, 2.05) is 48.5 Å². The number of benzene rings is 2. The Bertz CT molecular complexity index is 1020. The van der Waals surface area contributed by atoms with Crippen molar-refractivity contribution in [3.05, 3.63) is 75.5 Å². The predicted molar refractivity (Wildman–Crippen MR) is 112 cm³/mol. The number of anilines is 1. The molecule has 1 amide bonds. The Labute approximate surface area is 171 Å². The van der Waals surface area contributed by atoms with E-state index < -0.39 is 0 Å². The summed E-state index contributed by atoms with van der Waals surface area (Å²) in [5.74, 6) is 0.626. The lowest BCUT2D eigenvalue weighted by Crippen LogP contribution is -2.23. The van der Waals surface area contributed by atoms with Crippen molar-refractivity contribution in [2.24, 2.45) is 0 Å². The number of ether oxygens (including phenoxy) is 1. The van der Waals surface area contributed by atoms with E-state index in [2.05, 4.69) is 26.3 Å². The van der Waals surface area contributed by atoms with E-state index in [9.17, 15) is 9.59 Å². The average Bonchev–Trinajstić information content (AvgIpc) is 2.71. The highest BCUT2D eigenvalue weighted by Crippen LogP contribution is 2.21. The minimum atomic E-state index is -0.194. The normalized spacial score (nSPS) is 10.5. The van der Waals surface area contributed by atoms with Crippen LogP contribution < -0.4 is 15.6 Å². The minimum absolute atomic E-state index is 0.0979. The van der Waals surface area contributed by atoms with Crippen LogP contribution in [0.5, 0.6) is 5.75 Å². The lowest BCUT2D eigenvalue weighted by atomic mass is 10.1. The number of rotatable bonds is 7. The summed E-state index contributed by atoms with van der Waals surface area (Å²) in [5.41, 5.74) is 2.09. The molecule has 0 atom stereocenters. The number of carbonyl (C=O) groups is 1. The molecule has 28 heavy (non-hydrogen) atoms. The molecule has 2 aromatic carbocycles. The topological polar surface area (TPSA) is 73.2 Å². The second kappa shape index (κ2) is 9.32. The summed E-state index contributed by atoms with van der Waals surface area (Å²) < 4.78 is 7.57. The monoisotopic (exact) mass is 441 g/mol. The highest BCUT2D eigenvalue weighted by molar-refractivity contribution is 9.10. The summed E-state index contributed by atoms with van der Waals surface area (Å²) in [6, 6.07) is 18.1. The molecule has 0 radical (unpaired) electrons. The van der Waals surface area contributed by atoms with E-state index in [1.165, 1.54) is 10.7 Å². The third-order valence-corrected chi connectivity index (χ3v) is 4.66. The number of methoxy groups -OCH3 is 1. The first-order chi connectivity index (χ1) is 13.5. The van der Waals surface area contributed by atoms with Crippen LogP contribution in [0.2, 0.25) is 0 Å². The van der Waals surface area contributed by atoms with Crippen LogP contribution in [0.15, 0.2) is 69.9 Å². The first-order valence-electron chi connectivity index (χ1n) is 8.83. The summed E-state index contributed by atoms with van der Waals surface area (Å²) in [6.45, 7) is 0.365. The van der Waals surface area contributed by atoms with Crippen LogP contribution in [0.4, 0.5) is 5.69 Å². The number of nitrogens with one attached hydrogen (secondary N) is 1. The van der Waals surface area contributed by atoms with Gasteiger partial charge in [-0.25, -0.2) is 4.68 Å². The summed E-state index contributed by atoms with van der Waals surface area (Å²) in [5, 5.41) is 7.26. The molecule has 0 fully saturated rings. The van der Waals surface area contributed by atoms with Crippen LogP contribution in [-0.2, 0) is 11.3 Å². The number of carbonyl (C=O) groups excluding carboxylic acids is 1. The van der Waals surface area contributed by atoms with Gasteiger partial charge in [0.15, 0.2) is 0 Å². The molecule has 144 valence electrons. The molecular formula is C21H20BrN3O3. The van der Waals surface area contributed by atoms with Gasteiger partial charge in [-0.05, 0) is 48.9 Å². The second-order valence-corrected chi connectivity index (χ2v) is 7.09. The third-order valence-electron chi connectivity index (χ3n) is 4.13. The standard InChI is InChI=1S/C21H20BrN3O3/c1-28-18-5-2-4-15(14-18)19-11-12-21(27)25(24-19)13-3-6-20(26)23-17-9-7-16(22)8-10-17/h2,4-5,7-12,14H,3,6,13H2,1H3,(H,23,26). The van der Waals surface area contributed by atoms with Gasteiger partial charge in [-0.1, -0.05) is 28.1 Å². The molecule has 0 saturated heterocycles. The van der Waals surface area contributed by atoms with Gasteiger partial charge in [0.05, 0.1) is 12.8 Å². The van der Waals surface area contributed by atoms with Gasteiger partial charge in [-0.15, -0.1) is 0 Å². The lowest BCUT2D eigenvalue weighted by Gasteiger charge is -2.09. The van der Waals surface area contributed by atoms with Gasteiger partial charge in [-0.2, -0.15) is 5.10 Å². The van der Waals surface area contributed by atoms with Crippen molar-refractivity contribution >= 4 is 27.5 Å². The molecule has 1 heterocycles. The fraction of sp³-hybridized carbons (Fsp3) is 0.190. The van der Waals surface area contributed by atoms with Crippen molar-refractivity contribution in [3.63, 3.8) is 0 Å². The van der Waals surface area contributed by atoms with E-state index in [0.717, 1.165) is 21.5 Å². The molecule has 0 bridgehead atoms. The van der Waals surface area contributed by atoms with Gasteiger partial charge in [0, 0.05) is 34.8 Å². The molecule has 3 aromatic rings. The number of aromatic nitrogens is 2. The van der Waals surface area contributed by atoms with Crippen molar-refractivity contribution in [1.82, 2.24) is 9.78 Å². The third kappa shape index (κ3) is 5.29. The van der Waals surface area contributed by atoms with Crippen LogP contribution in [0, 0.1) is 0 Å². The Morgan fingerprint density at radius 3 is 2.68 bits per heavy atom. The van der Waals surface area contributed by atoms with Crippen molar-refractivity contribution in [1.29, 1.82) is 0 Å². The Morgan fingerprint density at radius 1 is 1.14 bits per heavy atom. The van der Waals surface area contributed by atoms with Crippen molar-refractivity contribution in [2.75, 3.05) is 12.4 Å². The zero-order chi connectivity index (χ0) is 19.9. The Hall–Kier alpha value is -2.93. The van der Waals surface area contributed by atoms with Crippen LogP contribution in [-0.4, -0.2) is 22.8 Å². The Morgan fingerprint density at radius 2 is 1.93 bits per heavy atom. The van der Waals surface area contributed by atoms with Gasteiger partial charge in [0.1, 0.15) is 5.75 Å². The average molecular weight is 442 g/mol. The minimum Gasteiger partial charge on any atom is -0.497 e. The fourth-order valence-corrected chi connectivity index (χ4v) is 2.96. The molecule has 0 unspecified atom stereocenters. The van der Waals surface area contributed by atoms with Crippen molar-refractivity contribution in [2.45, 2.75) is 19.4 Å². The smallest absolute Gasteiger partial charge is 0.266 e. The van der Waals surface area contributed by atoms with Gasteiger partial charge in [0.2, 0.25) is 5.91 Å². The second-order valence-electron chi connectivity index (χ2n) is 6.17. The summed E-state index contributed by atoms with van der Waals surface area (Å²) in [7, 11) is 1.60. The molecule has 7 heteroatoms. The molecule has 0 aliphatic carbocycles. The largest absolute Gasteiger partial charge is 0.497 e. The SMILES string of the molecule is COc1cccc(-c2ccc(=O)n(CCCC(=O)Nc3ccc(Br)cc3)n2)c1. The molecule has 1 aromatic heterocycles. The maximum absolute atomic E-state index is 12.1. The van der Waals surface area contributed by atoms with Crippen LogP contribution in [0.1, 0.15) is 12.8 Å². The zero-order valence-corrected chi connectivity index (χ0v) is 17.0. The number of aryl methyl sites for hydroxylation is 1. The summed E-state index contributed by atoms with van der Waals surface area (Å²) in [6.07, 6.45) is 0.810. The Balaban J connectivity index is 1.61. The van der Waals surface area contributed by atoms with Crippen molar-refractivity contribution < 1.29 is 9.53 Å². The van der Waals surface area contributed by atoms with Crippen LogP contribution in [0.25, 0.3) is 11.3 Å². The number of amides is 1.